The second-order valence-electron chi connectivity index (χ2n) is 4.58. The number of hydrogen-bond donors (Lipinski definition) is 1. The number of aryl methyl sites for hydroxylation is 1. The Kier molecular flexibility index (Phi) is 4.50. The number of nitrogens with two attached hydrogens (primary N) is 1. The number of aromatic nitrogens is 1. The van der Waals surface area contributed by atoms with Gasteiger partial charge in [-0.3, -0.25) is 0 Å². The fourth-order valence-corrected chi connectivity index (χ4v) is 2.51. The summed E-state index contributed by atoms with van der Waals surface area (Å²) in [6.45, 7) is 4.09. The third-order valence-electron chi connectivity index (χ3n) is 2.60. The molecule has 2 N–H and O–H groups in total. The van der Waals surface area contributed by atoms with Gasteiger partial charge in [-0.2, -0.15) is 0 Å². The minimum atomic E-state index is -0.355. The van der Waals surface area contributed by atoms with Crippen LogP contribution in [-0.2, 0) is 13.0 Å². The molecular formula is C14H17FN2OS. The van der Waals surface area contributed by atoms with Crippen LogP contribution in [0, 0.1) is 12.7 Å². The van der Waals surface area contributed by atoms with Crippen LogP contribution < -0.4 is 10.5 Å². The summed E-state index contributed by atoms with van der Waals surface area (Å²) in [5.41, 5.74) is 7.51. The molecule has 19 heavy (non-hydrogen) atoms. The van der Waals surface area contributed by atoms with Crippen molar-refractivity contribution in [3.8, 4) is 5.75 Å². The van der Waals surface area contributed by atoms with Gasteiger partial charge in [0.2, 0.25) is 0 Å². The number of hydrogen-bond acceptors (Lipinski definition) is 4. The lowest BCUT2D eigenvalue weighted by Gasteiger charge is -2.13. The predicted octanol–water partition coefficient (Wildman–Crippen LogP) is 3.06. The number of halogens is 1. The highest BCUT2D eigenvalue weighted by Crippen LogP contribution is 2.25. The molecule has 0 saturated heterocycles. The Morgan fingerprint density at radius 3 is 2.89 bits per heavy atom. The molecule has 0 aliphatic rings. The molecule has 0 saturated carbocycles. The predicted molar refractivity (Wildman–Crippen MR) is 74.9 cm³/mol. The molecule has 0 radical (unpaired) electrons. The van der Waals surface area contributed by atoms with Crippen molar-refractivity contribution < 1.29 is 9.13 Å². The van der Waals surface area contributed by atoms with Gasteiger partial charge in [0, 0.05) is 17.1 Å². The lowest BCUT2D eigenvalue weighted by Crippen LogP contribution is -2.18. The maximum Gasteiger partial charge on any atom is 0.165 e. The number of nitrogens with zero attached hydrogens (tertiary/aromatic N) is 1. The third-order valence-corrected chi connectivity index (χ3v) is 3.54. The van der Waals surface area contributed by atoms with Crippen LogP contribution in [-0.4, -0.2) is 11.0 Å². The van der Waals surface area contributed by atoms with Gasteiger partial charge in [0.05, 0.1) is 0 Å². The van der Waals surface area contributed by atoms with E-state index in [1.54, 1.807) is 6.07 Å². The number of ether oxygens (including phenoxy) is 1. The molecule has 2 rings (SSSR count). The van der Waals surface area contributed by atoms with Gasteiger partial charge >= 0.3 is 0 Å². The van der Waals surface area contributed by atoms with Crippen LogP contribution in [0.5, 0.6) is 5.75 Å². The van der Waals surface area contributed by atoms with Crippen LogP contribution in [0.2, 0.25) is 0 Å². The number of rotatable bonds is 5. The first-order chi connectivity index (χ1) is 9.06. The molecule has 0 spiro atoms. The van der Waals surface area contributed by atoms with Crippen LogP contribution >= 0.6 is 11.3 Å². The molecule has 1 heterocycles. The minimum absolute atomic E-state index is 0.0359. The minimum Gasteiger partial charge on any atom is -0.483 e. The summed E-state index contributed by atoms with van der Waals surface area (Å²) < 4.78 is 19.4. The first kappa shape index (κ1) is 14.0. The quantitative estimate of drug-likeness (QED) is 0.915. The van der Waals surface area contributed by atoms with Crippen molar-refractivity contribution in [3.63, 3.8) is 0 Å². The summed E-state index contributed by atoms with van der Waals surface area (Å²) in [7, 11) is 0. The highest BCUT2D eigenvalue weighted by molar-refractivity contribution is 7.09. The number of para-hydroxylation sites is 1. The molecule has 102 valence electrons. The van der Waals surface area contributed by atoms with Crippen molar-refractivity contribution in [3.05, 3.63) is 45.7 Å². The third kappa shape index (κ3) is 3.75. The van der Waals surface area contributed by atoms with Crippen LogP contribution in [0.3, 0.4) is 0 Å². The Labute approximate surface area is 116 Å². The van der Waals surface area contributed by atoms with Gasteiger partial charge in [-0.1, -0.05) is 12.1 Å². The standard InChI is InChI=1S/C14H17FN2OS/c1-9(16)6-11-4-3-5-12(15)14(11)18-7-13-17-10(2)8-19-13/h3-5,8-9H,6-7,16H2,1-2H3. The van der Waals surface area contributed by atoms with E-state index in [1.807, 2.05) is 25.3 Å². The van der Waals surface area contributed by atoms with Crippen molar-refractivity contribution in [1.29, 1.82) is 0 Å². The first-order valence-electron chi connectivity index (χ1n) is 6.13. The van der Waals surface area contributed by atoms with E-state index in [9.17, 15) is 4.39 Å². The van der Waals surface area contributed by atoms with Crippen LogP contribution in [0.4, 0.5) is 4.39 Å². The summed E-state index contributed by atoms with van der Waals surface area (Å²) >= 11 is 1.51. The zero-order valence-electron chi connectivity index (χ0n) is 11.0. The molecular weight excluding hydrogens is 263 g/mol. The molecule has 5 heteroatoms. The molecule has 2 aromatic rings. The largest absolute Gasteiger partial charge is 0.483 e. The molecule has 0 aliphatic carbocycles. The van der Waals surface area contributed by atoms with Crippen molar-refractivity contribution in [2.45, 2.75) is 32.9 Å². The summed E-state index contributed by atoms with van der Waals surface area (Å²) in [6.07, 6.45) is 0.587. The van der Waals surface area contributed by atoms with E-state index in [0.29, 0.717) is 6.42 Å². The highest BCUT2D eigenvalue weighted by Gasteiger charge is 2.12. The zero-order chi connectivity index (χ0) is 13.8. The summed E-state index contributed by atoms with van der Waals surface area (Å²) in [5.74, 6) is -0.0703. The molecule has 0 fully saturated rings. The number of thiazole rings is 1. The molecule has 1 aromatic carbocycles. The van der Waals surface area contributed by atoms with E-state index >= 15 is 0 Å². The van der Waals surface area contributed by atoms with Crippen molar-refractivity contribution in [2.24, 2.45) is 5.73 Å². The molecule has 0 bridgehead atoms. The van der Waals surface area contributed by atoms with E-state index in [2.05, 4.69) is 4.98 Å². The van der Waals surface area contributed by atoms with E-state index in [-0.39, 0.29) is 24.2 Å². The topological polar surface area (TPSA) is 48.1 Å². The Morgan fingerprint density at radius 2 is 2.26 bits per heavy atom. The second-order valence-corrected chi connectivity index (χ2v) is 5.52. The summed E-state index contributed by atoms with van der Waals surface area (Å²) in [6, 6.07) is 4.88. The van der Waals surface area contributed by atoms with Crippen LogP contribution in [0.15, 0.2) is 23.6 Å². The fraction of sp³-hybridized carbons (Fsp3) is 0.357. The van der Waals surface area contributed by atoms with E-state index in [1.165, 1.54) is 17.4 Å². The Hall–Kier alpha value is -1.46. The van der Waals surface area contributed by atoms with Gasteiger partial charge < -0.3 is 10.5 Å². The maximum atomic E-state index is 13.8. The van der Waals surface area contributed by atoms with Gasteiger partial charge in [-0.15, -0.1) is 11.3 Å². The number of benzene rings is 1. The lowest BCUT2D eigenvalue weighted by molar-refractivity contribution is 0.285. The van der Waals surface area contributed by atoms with Crippen molar-refractivity contribution >= 4 is 11.3 Å². The van der Waals surface area contributed by atoms with Gasteiger partial charge in [0.25, 0.3) is 0 Å². The van der Waals surface area contributed by atoms with Crippen LogP contribution in [0.1, 0.15) is 23.2 Å². The van der Waals surface area contributed by atoms with E-state index < -0.39 is 0 Å². The maximum absolute atomic E-state index is 13.8. The molecule has 0 aliphatic heterocycles. The fourth-order valence-electron chi connectivity index (χ4n) is 1.83. The van der Waals surface area contributed by atoms with E-state index in [0.717, 1.165) is 16.3 Å². The lowest BCUT2D eigenvalue weighted by atomic mass is 10.1. The van der Waals surface area contributed by atoms with Gasteiger partial charge in [0.15, 0.2) is 11.6 Å². The zero-order valence-corrected chi connectivity index (χ0v) is 11.8. The van der Waals surface area contributed by atoms with Gasteiger partial charge in [-0.25, -0.2) is 9.37 Å². The molecule has 0 amide bonds. The summed E-state index contributed by atoms with van der Waals surface area (Å²) in [5, 5.41) is 2.79. The second kappa shape index (κ2) is 6.12. The Balaban J connectivity index is 2.14. The summed E-state index contributed by atoms with van der Waals surface area (Å²) in [4.78, 5) is 4.29. The smallest absolute Gasteiger partial charge is 0.165 e. The van der Waals surface area contributed by atoms with Crippen LogP contribution in [0.25, 0.3) is 0 Å². The SMILES string of the molecule is Cc1csc(COc2c(F)cccc2CC(C)N)n1. The monoisotopic (exact) mass is 280 g/mol. The molecule has 1 unspecified atom stereocenters. The van der Waals surface area contributed by atoms with Gasteiger partial charge in [-0.05, 0) is 31.9 Å². The average Bonchev–Trinajstić information content (AvgIpc) is 2.73. The van der Waals surface area contributed by atoms with Crippen molar-refractivity contribution in [2.75, 3.05) is 0 Å². The Bertz CT molecular complexity index is 554. The normalized spacial score (nSPS) is 12.4. The van der Waals surface area contributed by atoms with Crippen molar-refractivity contribution in [1.82, 2.24) is 4.98 Å². The molecule has 1 atom stereocenters. The molecule has 3 nitrogen and oxygen atoms in total. The average molecular weight is 280 g/mol. The highest BCUT2D eigenvalue weighted by atomic mass is 32.1. The first-order valence-corrected chi connectivity index (χ1v) is 7.01. The van der Waals surface area contributed by atoms with Gasteiger partial charge in [0.1, 0.15) is 11.6 Å². The Morgan fingerprint density at radius 1 is 1.47 bits per heavy atom. The molecule has 1 aromatic heterocycles. The van der Waals surface area contributed by atoms with E-state index in [4.69, 9.17) is 10.5 Å².